The predicted molar refractivity (Wildman–Crippen MR) is 141 cm³/mol. The third kappa shape index (κ3) is 4.04. The zero-order valence-electron chi connectivity index (χ0n) is 21.6. The number of ether oxygens (including phenoxy) is 1. The lowest BCUT2D eigenvalue weighted by atomic mass is 10.0. The van der Waals surface area contributed by atoms with Gasteiger partial charge in [-0.05, 0) is 49.5 Å². The average Bonchev–Trinajstić information content (AvgIpc) is 3.77. The first kappa shape index (κ1) is 25.7. The van der Waals surface area contributed by atoms with Crippen LogP contribution in [-0.4, -0.2) is 59.1 Å². The Morgan fingerprint density at radius 2 is 1.80 bits per heavy atom. The van der Waals surface area contributed by atoms with Gasteiger partial charge in [-0.1, -0.05) is 12.1 Å². The van der Waals surface area contributed by atoms with Crippen LogP contribution >= 0.6 is 0 Å². The summed E-state index contributed by atoms with van der Waals surface area (Å²) in [6.07, 6.45) is 3.65. The second-order valence-electron chi connectivity index (χ2n) is 10.2. The fourth-order valence-electron chi connectivity index (χ4n) is 5.64. The van der Waals surface area contributed by atoms with Gasteiger partial charge in [0.25, 0.3) is 11.8 Å². The molecule has 3 heterocycles. The van der Waals surface area contributed by atoms with Crippen molar-refractivity contribution < 1.29 is 33.0 Å². The summed E-state index contributed by atoms with van der Waals surface area (Å²) >= 11 is 0. The molecule has 0 atom stereocenters. The number of imide groups is 1. The number of methoxy groups -OCH3 is 1. The Bertz CT molecular complexity index is 1670. The molecule has 2 fully saturated rings. The normalized spacial score (nSPS) is 18.4. The van der Waals surface area contributed by atoms with Gasteiger partial charge in [-0.2, -0.15) is 0 Å². The van der Waals surface area contributed by atoms with Crippen LogP contribution in [0.1, 0.15) is 62.8 Å². The van der Waals surface area contributed by atoms with E-state index in [2.05, 4.69) is 0 Å². The Hall–Kier alpha value is -4.54. The van der Waals surface area contributed by atoms with Gasteiger partial charge in [0.1, 0.15) is 17.1 Å². The summed E-state index contributed by atoms with van der Waals surface area (Å²) in [5, 5.41) is 9.44. The van der Waals surface area contributed by atoms with E-state index >= 15 is 8.78 Å². The molecule has 1 saturated heterocycles. The number of anilines is 1. The van der Waals surface area contributed by atoms with Crippen LogP contribution in [0.4, 0.5) is 14.5 Å². The quantitative estimate of drug-likeness (QED) is 0.457. The van der Waals surface area contributed by atoms with Gasteiger partial charge < -0.3 is 19.3 Å². The maximum Gasteiger partial charge on any atom is 0.341 e. The van der Waals surface area contributed by atoms with Crippen molar-refractivity contribution in [3.63, 3.8) is 0 Å². The van der Waals surface area contributed by atoms with Crippen molar-refractivity contribution in [1.29, 1.82) is 0 Å². The molecular formula is C29H25F2N3O6. The fraction of sp³-hybridized carbons (Fsp3) is 0.310. The number of piperidine rings is 1. The van der Waals surface area contributed by atoms with E-state index in [4.69, 9.17) is 4.74 Å². The van der Waals surface area contributed by atoms with Crippen LogP contribution in [0.3, 0.4) is 0 Å². The molecule has 0 spiro atoms. The molecule has 3 aliphatic rings. The van der Waals surface area contributed by atoms with E-state index in [0.717, 1.165) is 23.8 Å². The highest BCUT2D eigenvalue weighted by Gasteiger charge is 2.37. The van der Waals surface area contributed by atoms with E-state index < -0.39 is 47.0 Å². The molecule has 0 unspecified atom stereocenters. The number of halogens is 2. The number of carboxylic acid groups (broad SMARTS) is 1. The highest BCUT2D eigenvalue weighted by atomic mass is 19.1. The molecule has 1 aliphatic carbocycles. The Kier molecular flexibility index (Phi) is 6.16. The third-order valence-electron chi connectivity index (χ3n) is 7.74. The standard InChI is InChI=1S/C29H25F2N3O6/c1-40-26-23-19(25(35)20(29(38)39)13-33(23)16-8-9-16)11-21(30)24(26)32-10-4-5-15(12-32)22(31)14-34-27(36)17-6-2-3-7-18(17)28(34)37/h2-3,6-7,11,13,16H,4-5,8-10,12,14H2,1H3,(H,38,39). The van der Waals surface area contributed by atoms with Crippen LogP contribution in [0.25, 0.3) is 10.9 Å². The van der Waals surface area contributed by atoms with Gasteiger partial charge in [-0.25, -0.2) is 13.6 Å². The average molecular weight is 550 g/mol. The van der Waals surface area contributed by atoms with E-state index in [-0.39, 0.29) is 40.5 Å². The van der Waals surface area contributed by atoms with Gasteiger partial charge >= 0.3 is 5.97 Å². The van der Waals surface area contributed by atoms with E-state index in [0.29, 0.717) is 30.5 Å². The minimum Gasteiger partial charge on any atom is -0.492 e. The number of aromatic carboxylic acids is 1. The minimum atomic E-state index is -1.40. The first-order chi connectivity index (χ1) is 19.2. The van der Waals surface area contributed by atoms with Crippen molar-refractivity contribution in [2.75, 3.05) is 31.6 Å². The molecule has 9 nitrogen and oxygen atoms in total. The number of amides is 2. The van der Waals surface area contributed by atoms with Crippen LogP contribution in [0, 0.1) is 5.82 Å². The van der Waals surface area contributed by atoms with Crippen LogP contribution < -0.4 is 15.1 Å². The molecule has 1 N–H and O–H groups in total. The number of carbonyl (C=O) groups excluding carboxylic acids is 2. The van der Waals surface area contributed by atoms with Crippen LogP contribution in [0.2, 0.25) is 0 Å². The molecular weight excluding hydrogens is 524 g/mol. The topological polar surface area (TPSA) is 109 Å². The van der Waals surface area contributed by atoms with E-state index in [1.807, 2.05) is 0 Å². The molecule has 6 rings (SSSR count). The van der Waals surface area contributed by atoms with Crippen LogP contribution in [-0.2, 0) is 0 Å². The molecule has 2 aromatic carbocycles. The number of hydrogen-bond acceptors (Lipinski definition) is 6. The third-order valence-corrected chi connectivity index (χ3v) is 7.74. The Labute approximate surface area is 226 Å². The number of nitrogens with zero attached hydrogens (tertiary/aromatic N) is 3. The Balaban J connectivity index is 1.38. The minimum absolute atomic E-state index is 0.0192. The van der Waals surface area contributed by atoms with Crippen molar-refractivity contribution in [2.45, 2.75) is 31.7 Å². The number of hydrogen-bond donors (Lipinski definition) is 1. The fourth-order valence-corrected chi connectivity index (χ4v) is 5.64. The maximum atomic E-state index is 15.7. The highest BCUT2D eigenvalue weighted by molar-refractivity contribution is 6.21. The first-order valence-corrected chi connectivity index (χ1v) is 13.0. The van der Waals surface area contributed by atoms with Gasteiger partial charge in [0, 0.05) is 25.3 Å². The molecule has 40 heavy (non-hydrogen) atoms. The SMILES string of the molecule is COc1c(N2CCCC(=C(F)CN3C(=O)c4ccccc4C3=O)C2)c(F)cc2c(=O)c(C(=O)O)cn(C3CC3)c12. The van der Waals surface area contributed by atoms with Gasteiger partial charge in [-0.15, -0.1) is 0 Å². The lowest BCUT2D eigenvalue weighted by Gasteiger charge is -2.33. The molecule has 11 heteroatoms. The zero-order valence-corrected chi connectivity index (χ0v) is 21.6. The van der Waals surface area contributed by atoms with E-state index in [1.54, 1.807) is 21.6 Å². The molecule has 1 saturated carbocycles. The van der Waals surface area contributed by atoms with Crippen molar-refractivity contribution in [3.05, 3.63) is 80.7 Å². The van der Waals surface area contributed by atoms with Gasteiger partial charge in [0.15, 0.2) is 11.6 Å². The van der Waals surface area contributed by atoms with Crippen molar-refractivity contribution in [1.82, 2.24) is 9.47 Å². The smallest absolute Gasteiger partial charge is 0.341 e. The number of carbonyl (C=O) groups is 3. The molecule has 2 aliphatic heterocycles. The van der Waals surface area contributed by atoms with E-state index in [9.17, 15) is 24.3 Å². The largest absolute Gasteiger partial charge is 0.492 e. The van der Waals surface area contributed by atoms with Crippen LogP contribution in [0.15, 0.2) is 52.7 Å². The van der Waals surface area contributed by atoms with Gasteiger partial charge in [-0.3, -0.25) is 19.3 Å². The lowest BCUT2D eigenvalue weighted by molar-refractivity contribution is 0.0655. The second kappa shape index (κ2) is 9.58. The number of rotatable bonds is 6. The summed E-state index contributed by atoms with van der Waals surface area (Å²) in [5.74, 6) is -3.90. The summed E-state index contributed by atoms with van der Waals surface area (Å²) < 4.78 is 38.6. The van der Waals surface area contributed by atoms with Crippen molar-refractivity contribution >= 4 is 34.4 Å². The summed E-state index contributed by atoms with van der Waals surface area (Å²) in [7, 11) is 1.34. The molecule has 0 bridgehead atoms. The maximum absolute atomic E-state index is 15.7. The monoisotopic (exact) mass is 549 g/mol. The van der Waals surface area contributed by atoms with Gasteiger partial charge in [0.05, 0.1) is 35.7 Å². The Morgan fingerprint density at radius 3 is 2.40 bits per heavy atom. The van der Waals surface area contributed by atoms with Gasteiger partial charge in [0.2, 0.25) is 5.43 Å². The lowest BCUT2D eigenvalue weighted by Crippen LogP contribution is -2.35. The first-order valence-electron chi connectivity index (χ1n) is 13.0. The molecule has 206 valence electrons. The molecule has 0 radical (unpaired) electrons. The Morgan fingerprint density at radius 1 is 1.12 bits per heavy atom. The van der Waals surface area contributed by atoms with Crippen molar-refractivity contribution in [3.8, 4) is 5.75 Å². The molecule has 2 amide bonds. The number of aromatic nitrogens is 1. The molecule has 1 aromatic heterocycles. The number of carboxylic acids is 1. The summed E-state index contributed by atoms with van der Waals surface area (Å²) in [5.41, 5.74) is -0.152. The number of fused-ring (bicyclic) bond motifs is 2. The number of pyridine rings is 1. The number of benzene rings is 2. The van der Waals surface area contributed by atoms with E-state index in [1.165, 1.54) is 25.4 Å². The zero-order chi connectivity index (χ0) is 28.3. The summed E-state index contributed by atoms with van der Waals surface area (Å²) in [6.45, 7) is -0.176. The summed E-state index contributed by atoms with van der Waals surface area (Å²) in [6, 6.07) is 7.29. The van der Waals surface area contributed by atoms with Crippen molar-refractivity contribution in [2.24, 2.45) is 0 Å². The predicted octanol–water partition coefficient (Wildman–Crippen LogP) is 4.30. The molecule has 3 aromatic rings. The second-order valence-corrected chi connectivity index (χ2v) is 10.2. The van der Waals surface area contributed by atoms with Crippen LogP contribution in [0.5, 0.6) is 5.75 Å². The highest BCUT2D eigenvalue weighted by Crippen LogP contribution is 2.44. The summed E-state index contributed by atoms with van der Waals surface area (Å²) in [4.78, 5) is 52.6.